The second-order valence-corrected chi connectivity index (χ2v) is 6.09. The SMILES string of the molecule is CCC(CO)N1CCN(C(=O)c2ccc(-n3ccnc3)cc2)CC1. The van der Waals surface area contributed by atoms with Crippen molar-refractivity contribution >= 4 is 5.91 Å². The van der Waals surface area contributed by atoms with E-state index in [1.165, 1.54) is 0 Å². The number of hydrogen-bond donors (Lipinski definition) is 1. The van der Waals surface area contributed by atoms with Gasteiger partial charge in [-0.2, -0.15) is 0 Å². The van der Waals surface area contributed by atoms with Gasteiger partial charge in [0.15, 0.2) is 0 Å². The molecule has 3 rings (SSSR count). The standard InChI is InChI=1S/C18H24N4O2/c1-2-16(13-23)20-9-11-21(12-10-20)18(24)15-3-5-17(6-4-15)22-8-7-19-14-22/h3-8,14,16,23H,2,9-13H2,1H3. The Balaban J connectivity index is 1.61. The lowest BCUT2D eigenvalue weighted by atomic mass is 10.1. The third-order valence-corrected chi connectivity index (χ3v) is 4.72. The van der Waals surface area contributed by atoms with Crippen LogP contribution in [0.25, 0.3) is 5.69 Å². The van der Waals surface area contributed by atoms with E-state index in [2.05, 4.69) is 16.8 Å². The van der Waals surface area contributed by atoms with Crippen molar-refractivity contribution in [3.63, 3.8) is 0 Å². The third-order valence-electron chi connectivity index (χ3n) is 4.72. The fraction of sp³-hybridized carbons (Fsp3) is 0.444. The van der Waals surface area contributed by atoms with Crippen LogP contribution in [0.5, 0.6) is 0 Å². The van der Waals surface area contributed by atoms with E-state index in [0.29, 0.717) is 18.7 Å². The van der Waals surface area contributed by atoms with Crippen molar-refractivity contribution in [2.75, 3.05) is 32.8 Å². The molecule has 6 nitrogen and oxygen atoms in total. The molecule has 1 aliphatic heterocycles. The van der Waals surface area contributed by atoms with Gasteiger partial charge in [0.2, 0.25) is 0 Å². The lowest BCUT2D eigenvalue weighted by Crippen LogP contribution is -2.52. The number of rotatable bonds is 5. The first-order valence-corrected chi connectivity index (χ1v) is 8.45. The minimum atomic E-state index is 0.0730. The summed E-state index contributed by atoms with van der Waals surface area (Å²) in [6.45, 7) is 5.31. The van der Waals surface area contributed by atoms with Gasteiger partial charge in [-0.3, -0.25) is 9.69 Å². The highest BCUT2D eigenvalue weighted by Gasteiger charge is 2.25. The normalized spacial score (nSPS) is 17.0. The molecule has 0 radical (unpaired) electrons. The molecular weight excluding hydrogens is 304 g/mol. The van der Waals surface area contributed by atoms with Gasteiger partial charge in [0.1, 0.15) is 0 Å². The Hall–Kier alpha value is -2.18. The van der Waals surface area contributed by atoms with Gasteiger partial charge >= 0.3 is 0 Å². The first kappa shape index (κ1) is 16.7. The summed E-state index contributed by atoms with van der Waals surface area (Å²) < 4.78 is 1.91. The number of aromatic nitrogens is 2. The Morgan fingerprint density at radius 1 is 1.21 bits per heavy atom. The lowest BCUT2D eigenvalue weighted by molar-refractivity contribution is 0.0472. The number of imidazole rings is 1. The van der Waals surface area contributed by atoms with Gasteiger partial charge in [-0.1, -0.05) is 6.92 Å². The van der Waals surface area contributed by atoms with E-state index >= 15 is 0 Å². The Morgan fingerprint density at radius 3 is 2.46 bits per heavy atom. The molecular formula is C18H24N4O2. The van der Waals surface area contributed by atoms with Crippen LogP contribution in [0, 0.1) is 0 Å². The van der Waals surface area contributed by atoms with Crippen molar-refractivity contribution in [2.24, 2.45) is 0 Å². The lowest BCUT2D eigenvalue weighted by Gasteiger charge is -2.38. The number of carbonyl (C=O) groups excluding carboxylic acids is 1. The Morgan fingerprint density at radius 2 is 1.92 bits per heavy atom. The summed E-state index contributed by atoms with van der Waals surface area (Å²) in [6.07, 6.45) is 6.28. The first-order chi connectivity index (χ1) is 11.7. The molecule has 2 heterocycles. The van der Waals surface area contributed by atoms with Crippen LogP contribution in [0.3, 0.4) is 0 Å². The summed E-state index contributed by atoms with van der Waals surface area (Å²) in [6, 6.07) is 7.81. The van der Waals surface area contributed by atoms with Gasteiger partial charge in [0, 0.05) is 55.9 Å². The molecule has 1 unspecified atom stereocenters. The predicted octanol–water partition coefficient (Wildman–Crippen LogP) is 1.40. The van der Waals surface area contributed by atoms with E-state index in [0.717, 1.165) is 25.2 Å². The highest BCUT2D eigenvalue weighted by Crippen LogP contribution is 2.14. The maximum Gasteiger partial charge on any atom is 0.253 e. The number of benzene rings is 1. The molecule has 1 amide bonds. The molecule has 2 aromatic rings. The quantitative estimate of drug-likeness (QED) is 0.901. The molecule has 1 saturated heterocycles. The van der Waals surface area contributed by atoms with E-state index in [1.807, 2.05) is 39.9 Å². The van der Waals surface area contributed by atoms with Crippen LogP contribution in [0.15, 0.2) is 43.0 Å². The zero-order chi connectivity index (χ0) is 16.9. The highest BCUT2D eigenvalue weighted by molar-refractivity contribution is 5.94. The summed E-state index contributed by atoms with van der Waals surface area (Å²) in [5.74, 6) is 0.0730. The number of nitrogens with zero attached hydrogens (tertiary/aromatic N) is 4. The zero-order valence-corrected chi connectivity index (χ0v) is 14.0. The Labute approximate surface area is 142 Å². The molecule has 0 saturated carbocycles. The van der Waals surface area contributed by atoms with Crippen molar-refractivity contribution in [3.05, 3.63) is 48.5 Å². The maximum atomic E-state index is 12.7. The fourth-order valence-electron chi connectivity index (χ4n) is 3.16. The molecule has 1 aromatic carbocycles. The number of hydrogen-bond acceptors (Lipinski definition) is 4. The van der Waals surface area contributed by atoms with Gasteiger partial charge in [-0.25, -0.2) is 4.98 Å². The third kappa shape index (κ3) is 3.49. The highest BCUT2D eigenvalue weighted by atomic mass is 16.3. The number of aliphatic hydroxyl groups excluding tert-OH is 1. The smallest absolute Gasteiger partial charge is 0.253 e. The van der Waals surface area contributed by atoms with Crippen molar-refractivity contribution in [1.29, 1.82) is 0 Å². The van der Waals surface area contributed by atoms with Crippen LogP contribution in [0.4, 0.5) is 0 Å². The number of amides is 1. The summed E-state index contributed by atoms with van der Waals surface area (Å²) in [5.41, 5.74) is 1.70. The molecule has 1 fully saturated rings. The van der Waals surface area contributed by atoms with Crippen molar-refractivity contribution < 1.29 is 9.90 Å². The van der Waals surface area contributed by atoms with Gasteiger partial charge in [0.25, 0.3) is 5.91 Å². The molecule has 6 heteroatoms. The monoisotopic (exact) mass is 328 g/mol. The van der Waals surface area contributed by atoms with E-state index in [-0.39, 0.29) is 18.6 Å². The van der Waals surface area contributed by atoms with Crippen LogP contribution in [0.1, 0.15) is 23.7 Å². The summed E-state index contributed by atoms with van der Waals surface area (Å²) in [4.78, 5) is 20.8. The molecule has 1 atom stereocenters. The van der Waals surface area contributed by atoms with Gasteiger partial charge in [-0.05, 0) is 30.7 Å². The van der Waals surface area contributed by atoms with Gasteiger partial charge < -0.3 is 14.6 Å². The van der Waals surface area contributed by atoms with Crippen LogP contribution in [0.2, 0.25) is 0 Å². The van der Waals surface area contributed by atoms with Crippen LogP contribution in [-0.2, 0) is 0 Å². The van der Waals surface area contributed by atoms with E-state index in [4.69, 9.17) is 0 Å². The van der Waals surface area contributed by atoms with Crippen molar-refractivity contribution in [1.82, 2.24) is 19.4 Å². The van der Waals surface area contributed by atoms with Crippen LogP contribution in [-0.4, -0.2) is 69.2 Å². The molecule has 1 aliphatic rings. The fourth-order valence-corrected chi connectivity index (χ4v) is 3.16. The summed E-state index contributed by atoms with van der Waals surface area (Å²) >= 11 is 0. The van der Waals surface area contributed by atoms with E-state index in [1.54, 1.807) is 12.5 Å². The molecule has 0 spiro atoms. The average molecular weight is 328 g/mol. The zero-order valence-electron chi connectivity index (χ0n) is 14.0. The average Bonchev–Trinajstić information content (AvgIpc) is 3.18. The number of aliphatic hydroxyl groups is 1. The number of piperazine rings is 1. The second kappa shape index (κ2) is 7.59. The Kier molecular flexibility index (Phi) is 5.27. The van der Waals surface area contributed by atoms with Crippen LogP contribution >= 0.6 is 0 Å². The minimum Gasteiger partial charge on any atom is -0.395 e. The first-order valence-electron chi connectivity index (χ1n) is 8.45. The van der Waals surface area contributed by atoms with Crippen LogP contribution < -0.4 is 0 Å². The molecule has 0 bridgehead atoms. The topological polar surface area (TPSA) is 61.6 Å². The molecule has 1 aromatic heterocycles. The molecule has 24 heavy (non-hydrogen) atoms. The Bertz CT molecular complexity index is 642. The molecule has 0 aliphatic carbocycles. The summed E-state index contributed by atoms with van der Waals surface area (Å²) in [7, 11) is 0. The van der Waals surface area contributed by atoms with Crippen molar-refractivity contribution in [2.45, 2.75) is 19.4 Å². The maximum absolute atomic E-state index is 12.7. The largest absolute Gasteiger partial charge is 0.395 e. The predicted molar refractivity (Wildman–Crippen MR) is 92.2 cm³/mol. The molecule has 1 N–H and O–H groups in total. The van der Waals surface area contributed by atoms with E-state index in [9.17, 15) is 9.90 Å². The van der Waals surface area contributed by atoms with Gasteiger partial charge in [0.05, 0.1) is 12.9 Å². The van der Waals surface area contributed by atoms with E-state index < -0.39 is 0 Å². The second-order valence-electron chi connectivity index (χ2n) is 6.09. The van der Waals surface area contributed by atoms with Gasteiger partial charge in [-0.15, -0.1) is 0 Å². The van der Waals surface area contributed by atoms with Crippen molar-refractivity contribution in [3.8, 4) is 5.69 Å². The molecule has 128 valence electrons. The summed E-state index contributed by atoms with van der Waals surface area (Å²) in [5, 5.41) is 9.41. The minimum absolute atomic E-state index is 0.0730. The number of carbonyl (C=O) groups is 1.